The van der Waals surface area contributed by atoms with E-state index in [1.54, 1.807) is 0 Å². The Labute approximate surface area is 113 Å². The molecule has 1 fully saturated rings. The summed E-state index contributed by atoms with van der Waals surface area (Å²) in [6.45, 7) is 0. The first-order chi connectivity index (χ1) is 9.60. The first-order valence-corrected chi connectivity index (χ1v) is 6.10. The zero-order valence-corrected chi connectivity index (χ0v) is 10.4. The average Bonchev–Trinajstić information content (AvgIpc) is 3.15. The van der Waals surface area contributed by atoms with Gasteiger partial charge in [0, 0.05) is 12.1 Å². The van der Waals surface area contributed by atoms with Crippen LogP contribution in [0.15, 0.2) is 18.2 Å². The fourth-order valence-electron chi connectivity index (χ4n) is 1.90. The van der Waals surface area contributed by atoms with Crippen molar-refractivity contribution >= 4 is 11.6 Å². The molecule has 1 aliphatic rings. The van der Waals surface area contributed by atoms with E-state index in [1.165, 1.54) is 6.07 Å². The fourth-order valence-corrected chi connectivity index (χ4v) is 1.90. The van der Waals surface area contributed by atoms with E-state index in [0.29, 0.717) is 5.82 Å². The van der Waals surface area contributed by atoms with Crippen molar-refractivity contribution in [3.05, 3.63) is 35.4 Å². The van der Waals surface area contributed by atoms with Crippen LogP contribution < -0.4 is 11.1 Å². The van der Waals surface area contributed by atoms with Gasteiger partial charge in [0.1, 0.15) is 29.0 Å². The molecule has 0 atom stereocenters. The summed E-state index contributed by atoms with van der Waals surface area (Å²) >= 11 is 0. The molecule has 3 N–H and O–H groups in total. The molecule has 1 aromatic heterocycles. The molecule has 0 aliphatic heterocycles. The molecule has 0 spiro atoms. The summed E-state index contributed by atoms with van der Waals surface area (Å²) in [5, 5.41) is 16.3. The second-order valence-corrected chi connectivity index (χ2v) is 4.65. The Balaban J connectivity index is 2.09. The normalized spacial score (nSPS) is 14.1. The van der Waals surface area contributed by atoms with E-state index >= 15 is 0 Å². The molecule has 3 rings (SSSR count). The minimum atomic E-state index is -0.790. The van der Waals surface area contributed by atoms with Gasteiger partial charge in [-0.3, -0.25) is 0 Å². The zero-order valence-electron chi connectivity index (χ0n) is 10.4. The Hall–Kier alpha value is -2.62. The van der Waals surface area contributed by atoms with Crippen molar-refractivity contribution in [1.29, 1.82) is 5.26 Å². The van der Waals surface area contributed by atoms with Gasteiger partial charge < -0.3 is 11.1 Å². The molecule has 20 heavy (non-hydrogen) atoms. The number of nitriles is 1. The van der Waals surface area contributed by atoms with E-state index in [9.17, 15) is 8.78 Å². The third kappa shape index (κ3) is 2.05. The number of nitrogens with one attached hydrogen (secondary N) is 1. The van der Waals surface area contributed by atoms with Crippen LogP contribution in [0.1, 0.15) is 18.4 Å². The van der Waals surface area contributed by atoms with Crippen molar-refractivity contribution in [2.75, 3.05) is 11.1 Å². The molecule has 0 amide bonds. The van der Waals surface area contributed by atoms with E-state index in [1.807, 2.05) is 6.07 Å². The lowest BCUT2D eigenvalue weighted by atomic mass is 10.3. The molecule has 0 bridgehead atoms. The van der Waals surface area contributed by atoms with Gasteiger partial charge in [-0.05, 0) is 25.0 Å². The van der Waals surface area contributed by atoms with Crippen molar-refractivity contribution in [3.8, 4) is 11.8 Å². The molecule has 0 unspecified atom stereocenters. The molecular weight excluding hydrogens is 264 g/mol. The lowest BCUT2D eigenvalue weighted by Gasteiger charge is -2.05. The predicted molar refractivity (Wildman–Crippen MR) is 69.3 cm³/mol. The largest absolute Gasteiger partial charge is 0.382 e. The third-order valence-corrected chi connectivity index (χ3v) is 3.09. The van der Waals surface area contributed by atoms with Crippen LogP contribution in [0.25, 0.3) is 5.69 Å². The highest BCUT2D eigenvalue weighted by Gasteiger charge is 2.26. The second-order valence-electron chi connectivity index (χ2n) is 4.65. The molecule has 5 nitrogen and oxygen atoms in total. The highest BCUT2D eigenvalue weighted by Crippen LogP contribution is 2.30. The van der Waals surface area contributed by atoms with Crippen molar-refractivity contribution in [2.24, 2.45) is 0 Å². The highest BCUT2D eigenvalue weighted by molar-refractivity contribution is 5.66. The van der Waals surface area contributed by atoms with Gasteiger partial charge in [0.2, 0.25) is 0 Å². The Morgan fingerprint density at radius 3 is 2.75 bits per heavy atom. The van der Waals surface area contributed by atoms with Crippen LogP contribution in [-0.4, -0.2) is 15.8 Å². The van der Waals surface area contributed by atoms with Gasteiger partial charge in [-0.25, -0.2) is 13.5 Å². The quantitative estimate of drug-likeness (QED) is 0.899. The van der Waals surface area contributed by atoms with Crippen molar-refractivity contribution in [2.45, 2.75) is 18.9 Å². The molecule has 1 aromatic carbocycles. The van der Waals surface area contributed by atoms with Crippen molar-refractivity contribution < 1.29 is 8.78 Å². The molecular formula is C13H11F2N5. The minimum absolute atomic E-state index is 0.00393. The van der Waals surface area contributed by atoms with Gasteiger partial charge in [-0.15, -0.1) is 5.10 Å². The Kier molecular flexibility index (Phi) is 2.79. The summed E-state index contributed by atoms with van der Waals surface area (Å²) < 4.78 is 27.8. The summed E-state index contributed by atoms with van der Waals surface area (Å²) in [5.74, 6) is -1.12. The Bertz CT molecular complexity index is 712. The number of halogens is 2. The van der Waals surface area contributed by atoms with Crippen LogP contribution in [0.2, 0.25) is 0 Å². The minimum Gasteiger partial charge on any atom is -0.382 e. The van der Waals surface area contributed by atoms with Crippen LogP contribution in [-0.2, 0) is 0 Å². The number of hydrogen-bond acceptors (Lipinski definition) is 4. The maximum Gasteiger partial charge on any atom is 0.168 e. The summed E-state index contributed by atoms with van der Waals surface area (Å²) in [5.41, 5.74) is 6.00. The molecule has 1 heterocycles. The number of nitrogens with zero attached hydrogens (tertiary/aromatic N) is 3. The lowest BCUT2D eigenvalue weighted by Crippen LogP contribution is -2.06. The van der Waals surface area contributed by atoms with Gasteiger partial charge in [0.25, 0.3) is 0 Å². The summed E-state index contributed by atoms with van der Waals surface area (Å²) in [7, 11) is 0. The van der Waals surface area contributed by atoms with Crippen LogP contribution in [0.4, 0.5) is 20.4 Å². The van der Waals surface area contributed by atoms with Gasteiger partial charge in [0.15, 0.2) is 11.6 Å². The van der Waals surface area contributed by atoms with Gasteiger partial charge in [-0.1, -0.05) is 0 Å². The lowest BCUT2D eigenvalue weighted by molar-refractivity contribution is 0.574. The van der Waals surface area contributed by atoms with E-state index in [-0.39, 0.29) is 23.1 Å². The standard InChI is InChI=1S/C13H11F2N5/c14-7-1-4-11(10(15)5-7)20-12(17)9(6-16)13(19-20)18-8-2-3-8/h1,4-5,8H,2-3,17H2,(H,18,19). The van der Waals surface area contributed by atoms with E-state index < -0.39 is 11.6 Å². The molecule has 1 aliphatic carbocycles. The zero-order chi connectivity index (χ0) is 14.3. The average molecular weight is 275 g/mol. The Morgan fingerprint density at radius 1 is 1.40 bits per heavy atom. The van der Waals surface area contributed by atoms with Crippen molar-refractivity contribution in [1.82, 2.24) is 9.78 Å². The first kappa shape index (κ1) is 12.4. The summed E-state index contributed by atoms with van der Waals surface area (Å²) in [6.07, 6.45) is 2.01. The maximum absolute atomic E-state index is 13.8. The molecule has 1 saturated carbocycles. The number of anilines is 2. The van der Waals surface area contributed by atoms with Crippen LogP contribution in [0, 0.1) is 23.0 Å². The maximum atomic E-state index is 13.8. The molecule has 0 radical (unpaired) electrons. The topological polar surface area (TPSA) is 79.7 Å². The van der Waals surface area contributed by atoms with Crippen LogP contribution >= 0.6 is 0 Å². The summed E-state index contributed by atoms with van der Waals surface area (Å²) in [6, 6.07) is 5.32. The van der Waals surface area contributed by atoms with Crippen molar-refractivity contribution in [3.63, 3.8) is 0 Å². The number of hydrogen-bond donors (Lipinski definition) is 2. The smallest absolute Gasteiger partial charge is 0.168 e. The number of aromatic nitrogens is 2. The molecule has 102 valence electrons. The molecule has 2 aromatic rings. The fraction of sp³-hybridized carbons (Fsp3) is 0.231. The van der Waals surface area contributed by atoms with Crippen LogP contribution in [0.3, 0.4) is 0 Å². The van der Waals surface area contributed by atoms with E-state index in [0.717, 1.165) is 29.7 Å². The Morgan fingerprint density at radius 2 is 2.15 bits per heavy atom. The van der Waals surface area contributed by atoms with Gasteiger partial charge in [0.05, 0.1) is 0 Å². The third-order valence-electron chi connectivity index (χ3n) is 3.09. The number of nitrogens with two attached hydrogens (primary N) is 1. The molecule has 7 heteroatoms. The highest BCUT2D eigenvalue weighted by atomic mass is 19.1. The van der Waals surface area contributed by atoms with Crippen LogP contribution in [0.5, 0.6) is 0 Å². The number of nitrogen functional groups attached to an aromatic ring is 1. The number of rotatable bonds is 3. The number of benzene rings is 1. The van der Waals surface area contributed by atoms with E-state index in [4.69, 9.17) is 11.0 Å². The first-order valence-electron chi connectivity index (χ1n) is 6.10. The van der Waals surface area contributed by atoms with E-state index in [2.05, 4.69) is 10.4 Å². The van der Waals surface area contributed by atoms with Gasteiger partial charge in [-0.2, -0.15) is 5.26 Å². The summed E-state index contributed by atoms with van der Waals surface area (Å²) in [4.78, 5) is 0. The monoisotopic (exact) mass is 275 g/mol. The van der Waals surface area contributed by atoms with Gasteiger partial charge >= 0.3 is 0 Å². The second kappa shape index (κ2) is 4.49. The molecule has 0 saturated heterocycles. The predicted octanol–water partition coefficient (Wildman–Crippen LogP) is 2.18. The SMILES string of the molecule is N#Cc1c(NC2CC2)nn(-c2ccc(F)cc2F)c1N.